The molecule has 0 aliphatic carbocycles. The number of ether oxygens (including phenoxy) is 1. The van der Waals surface area contributed by atoms with Gasteiger partial charge in [-0.15, -0.1) is 0 Å². The van der Waals surface area contributed by atoms with E-state index in [1.807, 2.05) is 5.32 Å². The molecular weight excluding hydrogens is 1490 g/mol. The number of aromatic amines is 1. The highest BCUT2D eigenvalue weighted by atomic mass is 16.5. The van der Waals surface area contributed by atoms with E-state index in [1.165, 1.54) is 13.8 Å². The summed E-state index contributed by atoms with van der Waals surface area (Å²) in [5.74, 6) is -27.7. The summed E-state index contributed by atoms with van der Waals surface area (Å²) in [4.78, 5) is 275. The SMILES string of the molecule is CCC(C)CCCCCCC(=O)NC(Cc1c[nH]c2ccccc12)C(=O)NC(CC(N)=O)C(=O)NC(CC(=O)O)C(=O)NC1C(=O)N(C)CC(=O)NC(C)C(=O)NC(CC(=O)O)C(=O)NC(CCCCN)C(=O)NC(CC(=O)O)C(=O)NCC(=O)NC(CC(N)=O)C(=O)NC(CCC(=O)O)C(=O)NC(C(C)CC)C(=O)OC1C. The van der Waals surface area contributed by atoms with Crippen molar-refractivity contribution in [1.29, 1.82) is 0 Å². The number of amides is 15. The average molecular weight is 1600 g/mol. The van der Waals surface area contributed by atoms with E-state index in [4.69, 9.17) is 21.9 Å². The smallest absolute Gasteiger partial charge is 0.329 e. The second-order valence-corrected chi connectivity index (χ2v) is 27.7. The number of carbonyl (C=O) groups is 20. The highest BCUT2D eigenvalue weighted by Gasteiger charge is 2.41. The van der Waals surface area contributed by atoms with Crippen molar-refractivity contribution >= 4 is 129 Å². The molecule has 2 aromatic rings. The number of cyclic esters (lactones) is 1. The van der Waals surface area contributed by atoms with E-state index < -0.39 is 255 Å². The van der Waals surface area contributed by atoms with Gasteiger partial charge in [-0.3, -0.25) is 91.1 Å². The topological polar surface area (TPSA) is 673 Å². The number of rotatable bonds is 36. The maximum atomic E-state index is 14.9. The molecule has 1 aromatic heterocycles. The normalized spacial score (nSPS) is 21.8. The molecule has 14 atom stereocenters. The van der Waals surface area contributed by atoms with Crippen molar-refractivity contribution in [3.8, 4) is 0 Å². The molecule has 42 heteroatoms. The number of benzene rings is 1. The molecule has 0 radical (unpaired) electrons. The van der Waals surface area contributed by atoms with Crippen LogP contribution in [0.2, 0.25) is 0 Å². The van der Waals surface area contributed by atoms with Gasteiger partial charge < -0.3 is 116 Å². The second kappa shape index (κ2) is 48.0. The molecule has 626 valence electrons. The van der Waals surface area contributed by atoms with Crippen LogP contribution in [-0.2, 0) is 107 Å². The molecule has 113 heavy (non-hydrogen) atoms. The molecule has 23 N–H and O–H groups in total. The number of carbonyl (C=O) groups excluding carboxylic acids is 16. The number of aliphatic carboxylic acids is 4. The van der Waals surface area contributed by atoms with Crippen molar-refractivity contribution in [1.82, 2.24) is 73.7 Å². The third-order valence-electron chi connectivity index (χ3n) is 18.3. The molecule has 3 rings (SSSR count). The summed E-state index contributed by atoms with van der Waals surface area (Å²) in [5.41, 5.74) is 17.8. The van der Waals surface area contributed by atoms with E-state index in [0.717, 1.165) is 46.6 Å². The number of nitrogens with one attached hydrogen (secondary N) is 13. The van der Waals surface area contributed by atoms with E-state index >= 15 is 0 Å². The first-order chi connectivity index (χ1) is 53.2. The van der Waals surface area contributed by atoms with Crippen LogP contribution in [-0.4, -0.2) is 248 Å². The number of hydrogen-bond donors (Lipinski definition) is 20. The first-order valence-electron chi connectivity index (χ1n) is 36.9. The van der Waals surface area contributed by atoms with Gasteiger partial charge >= 0.3 is 29.8 Å². The standard InChI is InChI=1S/C71H107N17O25/c1-8-35(3)18-12-10-11-13-22-52(91)78-44(26-39-32-75-41-20-15-14-19-40(39)41)65(106)83-46(28-51(74)90)67(108)85-49(31-58(100)101)69(110)87-60-38(6)113-71(112)59(36(4)9-2)86-64(105)43(23-24-55(94)95)81-66(107)45(27-50(73)89)79-53(92)33-76-62(103)47(29-56(96)97)84-63(104)42(21-16-17-25-72)80-68(109)48(30-57(98)99)82-61(102)37(5)77-54(93)34-88(7)70(60)111/h14-15,19-20,32,35-38,42-49,59-60,75H,8-13,16-18,21-31,33-34,72H2,1-7H3,(H2,73,89)(H2,74,90)(H,76,103)(H,77,93)(H,78,91)(H,79,92)(H,80,109)(H,81,107)(H,82,102)(H,83,106)(H,84,104)(H,85,108)(H,86,105)(H,87,110)(H,94,95)(H,96,97)(H,98,99)(H,100,101). The first kappa shape index (κ1) is 95.3. The third-order valence-corrected chi connectivity index (χ3v) is 18.3. The highest BCUT2D eigenvalue weighted by molar-refractivity contribution is 6.02. The van der Waals surface area contributed by atoms with Gasteiger partial charge in [-0.1, -0.05) is 84.4 Å². The Labute approximate surface area is 649 Å². The van der Waals surface area contributed by atoms with Gasteiger partial charge in [0, 0.05) is 43.4 Å². The number of nitrogens with two attached hydrogens (primary N) is 3. The number of carboxylic acid groups (broad SMARTS) is 4. The quantitative estimate of drug-likeness (QED) is 0.0225. The molecule has 0 bridgehead atoms. The predicted molar refractivity (Wildman–Crippen MR) is 396 cm³/mol. The molecule has 0 saturated carbocycles. The molecule has 2 heterocycles. The number of likely N-dealkylation sites (N-methyl/N-ethyl adjacent to an activating group) is 1. The lowest BCUT2D eigenvalue weighted by Gasteiger charge is -2.32. The first-order valence-corrected chi connectivity index (χ1v) is 36.9. The maximum Gasteiger partial charge on any atom is 0.329 e. The zero-order valence-electron chi connectivity index (χ0n) is 64.1. The highest BCUT2D eigenvalue weighted by Crippen LogP contribution is 2.21. The number of carboxylic acids is 4. The van der Waals surface area contributed by atoms with Gasteiger partial charge in [0.05, 0.1) is 45.2 Å². The molecule has 14 unspecified atom stereocenters. The molecule has 42 nitrogen and oxygen atoms in total. The van der Waals surface area contributed by atoms with Gasteiger partial charge in [-0.2, -0.15) is 0 Å². The minimum atomic E-state index is -2.31. The van der Waals surface area contributed by atoms with Crippen LogP contribution in [0.15, 0.2) is 30.5 Å². The summed E-state index contributed by atoms with van der Waals surface area (Å²) in [7, 11) is 0.930. The van der Waals surface area contributed by atoms with Crippen LogP contribution in [0.5, 0.6) is 0 Å². The zero-order chi connectivity index (χ0) is 84.9. The summed E-state index contributed by atoms with van der Waals surface area (Å²) < 4.78 is 5.75. The van der Waals surface area contributed by atoms with Gasteiger partial charge in [0.1, 0.15) is 72.6 Å². The summed E-state index contributed by atoms with van der Waals surface area (Å²) in [6.45, 7) is 6.93. The number of para-hydroxylation sites is 1. The Morgan fingerprint density at radius 1 is 0.566 bits per heavy atom. The van der Waals surface area contributed by atoms with Crippen LogP contribution in [0.4, 0.5) is 0 Å². The van der Waals surface area contributed by atoms with Crippen LogP contribution < -0.4 is 81.0 Å². The Morgan fingerprint density at radius 3 is 1.71 bits per heavy atom. The fraction of sp³-hybridized carbons (Fsp3) is 0.606. The lowest BCUT2D eigenvalue weighted by atomic mass is 9.98. The summed E-state index contributed by atoms with van der Waals surface area (Å²) in [6.07, 6.45) is -3.19. The Hall–Kier alpha value is -11.9. The summed E-state index contributed by atoms with van der Waals surface area (Å²) in [6, 6.07) is -14.6. The molecule has 1 fully saturated rings. The van der Waals surface area contributed by atoms with E-state index in [9.17, 15) is 116 Å². The average Bonchev–Trinajstić information content (AvgIpc) is 1.62. The number of primary amides is 2. The van der Waals surface area contributed by atoms with Crippen LogP contribution in [0, 0.1) is 11.8 Å². The predicted octanol–water partition coefficient (Wildman–Crippen LogP) is -4.82. The van der Waals surface area contributed by atoms with E-state index in [-0.39, 0.29) is 45.1 Å². The molecule has 1 aromatic carbocycles. The van der Waals surface area contributed by atoms with E-state index in [0.29, 0.717) is 40.1 Å². The molecule has 1 saturated heterocycles. The third kappa shape index (κ3) is 34.1. The van der Waals surface area contributed by atoms with Crippen LogP contribution >= 0.6 is 0 Å². The minimum Gasteiger partial charge on any atom is -0.481 e. The van der Waals surface area contributed by atoms with Crippen molar-refractivity contribution in [3.05, 3.63) is 36.0 Å². The van der Waals surface area contributed by atoms with Crippen LogP contribution in [0.3, 0.4) is 0 Å². The Balaban J connectivity index is 2.22. The largest absolute Gasteiger partial charge is 0.481 e. The lowest BCUT2D eigenvalue weighted by Crippen LogP contribution is -2.62. The van der Waals surface area contributed by atoms with Gasteiger partial charge in [0.25, 0.3) is 0 Å². The fourth-order valence-electron chi connectivity index (χ4n) is 11.6. The van der Waals surface area contributed by atoms with Crippen LogP contribution in [0.25, 0.3) is 10.9 Å². The number of H-pyrrole nitrogens is 1. The number of esters is 1. The lowest BCUT2D eigenvalue weighted by molar-refractivity contribution is -0.159. The molecule has 15 amide bonds. The molecule has 1 aliphatic heterocycles. The summed E-state index contributed by atoms with van der Waals surface area (Å²) in [5, 5.41) is 66.9. The summed E-state index contributed by atoms with van der Waals surface area (Å²) >= 11 is 0. The number of hydrogen-bond acceptors (Lipinski definition) is 22. The number of nitrogens with zero attached hydrogens (tertiary/aromatic N) is 1. The number of fused-ring (bicyclic) bond motifs is 1. The van der Waals surface area contributed by atoms with E-state index in [1.54, 1.807) is 30.5 Å². The monoisotopic (exact) mass is 1600 g/mol. The second-order valence-electron chi connectivity index (χ2n) is 27.7. The fourth-order valence-corrected chi connectivity index (χ4v) is 11.6. The number of unbranched alkanes of at least 4 members (excludes halogenated alkanes) is 4. The maximum absolute atomic E-state index is 14.9. The van der Waals surface area contributed by atoms with Gasteiger partial charge in [0.2, 0.25) is 88.6 Å². The van der Waals surface area contributed by atoms with Gasteiger partial charge in [-0.25, -0.2) is 4.79 Å². The zero-order valence-corrected chi connectivity index (χ0v) is 64.1. The van der Waals surface area contributed by atoms with Crippen molar-refractivity contribution in [2.45, 2.75) is 236 Å². The van der Waals surface area contributed by atoms with Gasteiger partial charge in [-0.05, 0) is 76.0 Å². The van der Waals surface area contributed by atoms with Crippen molar-refractivity contribution < 1.29 is 121 Å². The minimum absolute atomic E-state index is 0.00335. The molecule has 0 spiro atoms. The van der Waals surface area contributed by atoms with Crippen molar-refractivity contribution in [2.24, 2.45) is 29.0 Å². The van der Waals surface area contributed by atoms with Gasteiger partial charge in [0.15, 0.2) is 0 Å². The van der Waals surface area contributed by atoms with Crippen molar-refractivity contribution in [2.75, 3.05) is 26.7 Å². The van der Waals surface area contributed by atoms with E-state index in [2.05, 4.69) is 77.3 Å². The van der Waals surface area contributed by atoms with Crippen LogP contribution in [0.1, 0.15) is 163 Å². The Kier molecular flexibility index (Phi) is 40.5. The molecule has 1 aliphatic rings. The number of aromatic nitrogens is 1. The molecular formula is C71H107N17O25. The Bertz CT molecular complexity index is 3760. The van der Waals surface area contributed by atoms with Crippen molar-refractivity contribution in [3.63, 3.8) is 0 Å². The Morgan fingerprint density at radius 2 is 1.12 bits per heavy atom.